The van der Waals surface area contributed by atoms with Crippen LogP contribution in [0, 0.1) is 0 Å². The van der Waals surface area contributed by atoms with Crippen molar-refractivity contribution in [3.05, 3.63) is 35.4 Å². The van der Waals surface area contributed by atoms with Gasteiger partial charge in [0.1, 0.15) is 11.0 Å². The Morgan fingerprint density at radius 2 is 1.75 bits per heavy atom. The van der Waals surface area contributed by atoms with Crippen LogP contribution in [-0.2, 0) is 25.1 Å². The minimum atomic E-state index is -5.17. The van der Waals surface area contributed by atoms with Gasteiger partial charge in [0.2, 0.25) is 0 Å². The molecule has 0 aliphatic heterocycles. The second-order valence-corrected chi connectivity index (χ2v) is 7.47. The summed E-state index contributed by atoms with van der Waals surface area (Å²) in [6, 6.07) is 3.85. The smallest absolute Gasteiger partial charge is 0.290 e. The minimum Gasteiger partial charge on any atom is -0.508 e. The first-order chi connectivity index (χ1) is 8.99. The van der Waals surface area contributed by atoms with Gasteiger partial charge in [-0.1, -0.05) is 24.3 Å². The Labute approximate surface area is 115 Å². The topological polar surface area (TPSA) is 155 Å². The third-order valence-corrected chi connectivity index (χ3v) is 5.72. The first-order valence-corrected chi connectivity index (χ1v) is 8.17. The lowest BCUT2D eigenvalue weighted by molar-refractivity contribution is 0.395. The summed E-state index contributed by atoms with van der Waals surface area (Å²) in [5.74, 6) is -0.611. The molecule has 0 saturated carbocycles. The van der Waals surface area contributed by atoms with E-state index in [4.69, 9.17) is 10.3 Å². The lowest BCUT2D eigenvalue weighted by Crippen LogP contribution is -2.57. The molecule has 1 aliphatic carbocycles. The summed E-state index contributed by atoms with van der Waals surface area (Å²) < 4.78 is 64.3. The Balaban J connectivity index is 2.93. The molecule has 10 heteroatoms. The van der Waals surface area contributed by atoms with Crippen LogP contribution in [0.15, 0.2) is 24.3 Å². The van der Waals surface area contributed by atoms with E-state index in [1.54, 1.807) is 0 Å². The summed E-state index contributed by atoms with van der Waals surface area (Å²) in [5.41, 5.74) is 5.21. The summed E-state index contributed by atoms with van der Waals surface area (Å²) in [7, 11) is -10.1. The average Bonchev–Trinajstić information content (AvgIpc) is 2.25. The van der Waals surface area contributed by atoms with Crippen molar-refractivity contribution in [1.29, 1.82) is 0 Å². The highest BCUT2D eigenvalue weighted by molar-refractivity contribution is 7.91. The third-order valence-electron chi connectivity index (χ3n) is 3.09. The van der Waals surface area contributed by atoms with Gasteiger partial charge in [-0.3, -0.25) is 9.11 Å². The molecule has 20 heavy (non-hydrogen) atoms. The zero-order valence-corrected chi connectivity index (χ0v) is 11.5. The van der Waals surface area contributed by atoms with E-state index in [1.807, 2.05) is 0 Å². The molecule has 0 amide bonds. The monoisotopic (exact) mass is 321 g/mol. The van der Waals surface area contributed by atoms with Gasteiger partial charge in [-0.15, -0.1) is 0 Å². The van der Waals surface area contributed by atoms with Gasteiger partial charge >= 0.3 is 0 Å². The van der Waals surface area contributed by atoms with Crippen LogP contribution < -0.4 is 5.73 Å². The second-order valence-electron chi connectivity index (χ2n) is 4.30. The van der Waals surface area contributed by atoms with Crippen LogP contribution in [0.4, 0.5) is 0 Å². The molecule has 0 heterocycles. The van der Waals surface area contributed by atoms with Gasteiger partial charge in [-0.05, 0) is 11.6 Å². The second kappa shape index (κ2) is 4.27. The van der Waals surface area contributed by atoms with E-state index in [-0.39, 0.29) is 5.56 Å². The van der Waals surface area contributed by atoms with Crippen molar-refractivity contribution in [2.75, 3.05) is 0 Å². The molecule has 0 spiro atoms. The molecule has 2 unspecified atom stereocenters. The zero-order valence-electron chi connectivity index (χ0n) is 9.83. The highest BCUT2D eigenvalue weighted by Crippen LogP contribution is 2.42. The van der Waals surface area contributed by atoms with Crippen LogP contribution in [-0.4, -0.2) is 36.3 Å². The van der Waals surface area contributed by atoms with E-state index in [9.17, 15) is 26.5 Å². The quantitative estimate of drug-likeness (QED) is 0.540. The number of hydrogen-bond donors (Lipinski definition) is 4. The van der Waals surface area contributed by atoms with Crippen molar-refractivity contribution < 1.29 is 31.0 Å². The largest absolute Gasteiger partial charge is 0.508 e. The molecule has 1 aliphatic rings. The fourth-order valence-corrected chi connectivity index (χ4v) is 4.61. The van der Waals surface area contributed by atoms with E-state index in [0.717, 1.165) is 12.1 Å². The molecular formula is C10H11NO7S2. The van der Waals surface area contributed by atoms with Gasteiger partial charge in [-0.25, -0.2) is 0 Å². The molecule has 0 bridgehead atoms. The van der Waals surface area contributed by atoms with Gasteiger partial charge in [0.25, 0.3) is 20.2 Å². The van der Waals surface area contributed by atoms with E-state index in [0.29, 0.717) is 0 Å². The van der Waals surface area contributed by atoms with E-state index >= 15 is 0 Å². The number of phenols is 1. The zero-order chi connectivity index (χ0) is 15.3. The van der Waals surface area contributed by atoms with Crippen LogP contribution in [0.25, 0.3) is 6.08 Å². The molecular weight excluding hydrogens is 310 g/mol. The lowest BCUT2D eigenvalue weighted by atomic mass is 9.91. The molecule has 2 rings (SSSR count). The summed E-state index contributed by atoms with van der Waals surface area (Å²) in [6.07, 6.45) is 2.02. The lowest BCUT2D eigenvalue weighted by Gasteiger charge is -2.35. The summed E-state index contributed by atoms with van der Waals surface area (Å²) in [5, 5.41) is 7.63. The van der Waals surface area contributed by atoms with E-state index in [1.165, 1.54) is 18.2 Å². The molecule has 0 saturated heterocycles. The molecule has 2 atom stereocenters. The van der Waals surface area contributed by atoms with Gasteiger partial charge in [-0.2, -0.15) is 16.8 Å². The molecule has 1 aromatic carbocycles. The first-order valence-electron chi connectivity index (χ1n) is 5.22. The minimum absolute atomic E-state index is 0.116. The average molecular weight is 321 g/mol. The standard InChI is InChI=1S/C10H11NO7S2/c11-10(20(16,17)18)8(19(13,14)15)5-4-6-2-1-3-7(12)9(6)10/h1-5,8,12H,11H2,(H,13,14,15)(H,16,17,18). The maximum Gasteiger partial charge on any atom is 0.290 e. The number of hydrogen-bond acceptors (Lipinski definition) is 6. The maximum absolute atomic E-state index is 11.6. The summed E-state index contributed by atoms with van der Waals surface area (Å²) in [6.45, 7) is 0. The normalized spacial score (nSPS) is 26.2. The van der Waals surface area contributed by atoms with Gasteiger partial charge < -0.3 is 10.8 Å². The Hall–Kier alpha value is -1.46. The molecule has 0 aromatic heterocycles. The number of nitrogens with two attached hydrogens (primary N) is 1. The fourth-order valence-electron chi connectivity index (χ4n) is 2.19. The molecule has 8 nitrogen and oxygen atoms in total. The Bertz CT molecular complexity index is 797. The van der Waals surface area contributed by atoms with Gasteiger partial charge in [0.15, 0.2) is 4.87 Å². The Morgan fingerprint density at radius 3 is 2.25 bits per heavy atom. The Kier molecular flexibility index (Phi) is 3.19. The fraction of sp³-hybridized carbons (Fsp3) is 0.200. The number of aromatic hydroxyl groups is 1. The summed E-state index contributed by atoms with van der Waals surface area (Å²) in [4.78, 5) is -2.91. The van der Waals surface area contributed by atoms with Crippen molar-refractivity contribution >= 4 is 26.3 Å². The van der Waals surface area contributed by atoms with Crippen molar-refractivity contribution in [3.8, 4) is 5.75 Å². The van der Waals surface area contributed by atoms with Crippen LogP contribution in [0.3, 0.4) is 0 Å². The SMILES string of the molecule is NC1(S(=O)(=O)O)c2c(O)cccc2C=CC1S(=O)(=O)O. The van der Waals surface area contributed by atoms with Crippen LogP contribution in [0.1, 0.15) is 11.1 Å². The van der Waals surface area contributed by atoms with Crippen molar-refractivity contribution in [1.82, 2.24) is 0 Å². The van der Waals surface area contributed by atoms with Crippen molar-refractivity contribution in [2.24, 2.45) is 5.73 Å². The molecule has 110 valence electrons. The third kappa shape index (κ3) is 2.01. The van der Waals surface area contributed by atoms with Crippen LogP contribution in [0.5, 0.6) is 5.75 Å². The Morgan fingerprint density at radius 1 is 1.15 bits per heavy atom. The summed E-state index contributed by atoms with van der Waals surface area (Å²) >= 11 is 0. The number of fused-ring (bicyclic) bond motifs is 1. The number of benzene rings is 1. The molecule has 0 fully saturated rings. The predicted molar refractivity (Wildman–Crippen MR) is 69.9 cm³/mol. The van der Waals surface area contributed by atoms with Gasteiger partial charge in [0, 0.05) is 5.56 Å². The van der Waals surface area contributed by atoms with Crippen LogP contribution in [0.2, 0.25) is 0 Å². The van der Waals surface area contributed by atoms with E-state index < -0.39 is 41.7 Å². The van der Waals surface area contributed by atoms with Crippen molar-refractivity contribution in [2.45, 2.75) is 10.1 Å². The molecule has 0 radical (unpaired) electrons. The number of rotatable bonds is 2. The maximum atomic E-state index is 11.6. The molecule has 5 N–H and O–H groups in total. The highest BCUT2D eigenvalue weighted by atomic mass is 32.2. The highest BCUT2D eigenvalue weighted by Gasteiger charge is 2.56. The van der Waals surface area contributed by atoms with Crippen molar-refractivity contribution in [3.63, 3.8) is 0 Å². The predicted octanol–water partition coefficient (Wildman–Crippen LogP) is -0.325. The first kappa shape index (κ1) is 14.9. The van der Waals surface area contributed by atoms with Gasteiger partial charge in [0.05, 0.1) is 0 Å². The van der Waals surface area contributed by atoms with Crippen LogP contribution >= 0.6 is 0 Å². The number of phenolic OH excluding ortho intramolecular Hbond substituents is 1. The van der Waals surface area contributed by atoms with E-state index in [2.05, 4.69) is 0 Å². The molecule has 1 aromatic rings.